The van der Waals surface area contributed by atoms with E-state index in [4.69, 9.17) is 9.47 Å². The van der Waals surface area contributed by atoms with E-state index in [1.807, 2.05) is 25.1 Å². The van der Waals surface area contributed by atoms with Crippen LogP contribution in [-0.2, 0) is 17.8 Å². The molecule has 0 heterocycles. The van der Waals surface area contributed by atoms with Crippen molar-refractivity contribution in [3.05, 3.63) is 58.7 Å². The monoisotopic (exact) mass is 341 g/mol. The van der Waals surface area contributed by atoms with Crippen LogP contribution >= 0.6 is 0 Å². The molecule has 0 unspecified atom stereocenters. The Kier molecular flexibility index (Phi) is 6.45. The van der Waals surface area contributed by atoms with Gasteiger partial charge in [0.15, 0.2) is 0 Å². The second-order valence-electron chi connectivity index (χ2n) is 6.43. The third-order valence-corrected chi connectivity index (χ3v) is 4.25. The van der Waals surface area contributed by atoms with Crippen molar-refractivity contribution >= 4 is 11.8 Å². The Balaban J connectivity index is 2.21. The van der Waals surface area contributed by atoms with Crippen LogP contribution in [0.2, 0.25) is 0 Å². The zero-order valence-electron chi connectivity index (χ0n) is 15.7. The molecular weight excluding hydrogens is 314 g/mol. The molecule has 1 amide bonds. The van der Waals surface area contributed by atoms with E-state index in [1.165, 1.54) is 12.7 Å². The number of benzene rings is 2. The molecule has 2 rings (SSSR count). The van der Waals surface area contributed by atoms with Gasteiger partial charge in [0.05, 0.1) is 12.8 Å². The summed E-state index contributed by atoms with van der Waals surface area (Å²) in [5.74, 6) is 1.23. The number of hydrogen-bond donors (Lipinski definition) is 1. The van der Waals surface area contributed by atoms with Crippen molar-refractivity contribution < 1.29 is 14.3 Å². The lowest BCUT2D eigenvalue weighted by Crippen LogP contribution is -2.14. The van der Waals surface area contributed by atoms with Gasteiger partial charge in [-0.3, -0.25) is 5.32 Å². The summed E-state index contributed by atoms with van der Waals surface area (Å²) < 4.78 is 10.7. The van der Waals surface area contributed by atoms with Gasteiger partial charge >= 0.3 is 6.09 Å². The number of hydrogen-bond acceptors (Lipinski definition) is 3. The smallest absolute Gasteiger partial charge is 0.411 e. The van der Waals surface area contributed by atoms with Crippen molar-refractivity contribution in [1.29, 1.82) is 0 Å². The van der Waals surface area contributed by atoms with Gasteiger partial charge in [-0.1, -0.05) is 45.0 Å². The average molecular weight is 341 g/mol. The number of amides is 1. The Hall–Kier alpha value is -2.49. The quantitative estimate of drug-likeness (QED) is 0.761. The fourth-order valence-corrected chi connectivity index (χ4v) is 2.61. The van der Waals surface area contributed by atoms with Crippen LogP contribution in [0.25, 0.3) is 0 Å². The summed E-state index contributed by atoms with van der Waals surface area (Å²) >= 11 is 0. The first-order chi connectivity index (χ1) is 11.9. The van der Waals surface area contributed by atoms with E-state index in [0.29, 0.717) is 12.5 Å². The molecule has 4 heteroatoms. The number of methoxy groups -OCH3 is 1. The molecule has 134 valence electrons. The lowest BCUT2D eigenvalue weighted by atomic mass is 10.0. The normalized spacial score (nSPS) is 10.6. The highest BCUT2D eigenvalue weighted by atomic mass is 16.5. The lowest BCUT2D eigenvalue weighted by Gasteiger charge is -2.16. The Morgan fingerprint density at radius 3 is 2.52 bits per heavy atom. The summed E-state index contributed by atoms with van der Waals surface area (Å²) in [6.45, 7) is 8.79. The van der Waals surface area contributed by atoms with E-state index >= 15 is 0 Å². The minimum Gasteiger partial charge on any atom is -0.489 e. The molecule has 0 atom stereocenters. The SMILES string of the molecule is CCc1ccc(OCc2ccc(C(C)C)cc2NC(=O)OC)c(C)c1. The summed E-state index contributed by atoms with van der Waals surface area (Å²) in [5.41, 5.74) is 5.19. The van der Waals surface area contributed by atoms with Crippen molar-refractivity contribution in [3.8, 4) is 5.75 Å². The molecule has 4 nitrogen and oxygen atoms in total. The van der Waals surface area contributed by atoms with Crippen LogP contribution in [0.5, 0.6) is 5.75 Å². The summed E-state index contributed by atoms with van der Waals surface area (Å²) in [6.07, 6.45) is 0.524. The van der Waals surface area contributed by atoms with Crippen molar-refractivity contribution in [2.75, 3.05) is 12.4 Å². The van der Waals surface area contributed by atoms with Crippen LogP contribution in [0.3, 0.4) is 0 Å². The van der Waals surface area contributed by atoms with Crippen molar-refractivity contribution in [2.24, 2.45) is 0 Å². The van der Waals surface area contributed by atoms with Gasteiger partial charge in [-0.25, -0.2) is 4.79 Å². The second kappa shape index (κ2) is 8.56. The Morgan fingerprint density at radius 2 is 1.92 bits per heavy atom. The fourth-order valence-electron chi connectivity index (χ4n) is 2.61. The molecule has 0 saturated heterocycles. The van der Waals surface area contributed by atoms with E-state index < -0.39 is 6.09 Å². The summed E-state index contributed by atoms with van der Waals surface area (Å²) in [5, 5.41) is 2.78. The number of anilines is 1. The van der Waals surface area contributed by atoms with Crippen molar-refractivity contribution in [3.63, 3.8) is 0 Å². The molecule has 0 aliphatic carbocycles. The third kappa shape index (κ3) is 4.99. The van der Waals surface area contributed by atoms with Gasteiger partial charge in [-0.2, -0.15) is 0 Å². The third-order valence-electron chi connectivity index (χ3n) is 4.25. The first-order valence-electron chi connectivity index (χ1n) is 8.64. The molecule has 0 bridgehead atoms. The molecule has 0 saturated carbocycles. The predicted molar refractivity (Wildman–Crippen MR) is 101 cm³/mol. The molecular formula is C21H27NO3. The number of nitrogens with one attached hydrogen (secondary N) is 1. The van der Waals surface area contributed by atoms with E-state index in [2.05, 4.69) is 44.3 Å². The van der Waals surface area contributed by atoms with Gasteiger partial charge in [0.25, 0.3) is 0 Å². The minimum absolute atomic E-state index is 0.372. The van der Waals surface area contributed by atoms with Gasteiger partial charge in [0, 0.05) is 5.56 Å². The largest absolute Gasteiger partial charge is 0.489 e. The number of carbonyl (C=O) groups is 1. The summed E-state index contributed by atoms with van der Waals surface area (Å²) in [7, 11) is 1.36. The van der Waals surface area contributed by atoms with Gasteiger partial charge in [-0.05, 0) is 48.1 Å². The predicted octanol–water partition coefficient (Wildman–Crippen LogP) is 5.44. The molecule has 0 aromatic heterocycles. The van der Waals surface area contributed by atoms with Crippen LogP contribution < -0.4 is 10.1 Å². The highest BCUT2D eigenvalue weighted by molar-refractivity contribution is 5.85. The van der Waals surface area contributed by atoms with Crippen LogP contribution in [-0.4, -0.2) is 13.2 Å². The van der Waals surface area contributed by atoms with Gasteiger partial charge in [0.2, 0.25) is 0 Å². The van der Waals surface area contributed by atoms with Gasteiger partial charge in [0.1, 0.15) is 12.4 Å². The topological polar surface area (TPSA) is 47.6 Å². The Bertz CT molecular complexity index is 738. The molecule has 0 aliphatic heterocycles. The van der Waals surface area contributed by atoms with E-state index in [0.717, 1.165) is 34.5 Å². The Labute approximate surface area is 150 Å². The summed E-state index contributed by atoms with van der Waals surface area (Å²) in [6, 6.07) is 12.3. The molecule has 25 heavy (non-hydrogen) atoms. The fraction of sp³-hybridized carbons (Fsp3) is 0.381. The number of ether oxygens (including phenoxy) is 2. The van der Waals surface area contributed by atoms with Gasteiger partial charge in [-0.15, -0.1) is 0 Å². The molecule has 1 N–H and O–H groups in total. The number of carbonyl (C=O) groups excluding carboxylic acids is 1. The summed E-state index contributed by atoms with van der Waals surface area (Å²) in [4.78, 5) is 11.6. The van der Waals surface area contributed by atoms with Crippen LogP contribution in [0.4, 0.5) is 10.5 Å². The highest BCUT2D eigenvalue weighted by Crippen LogP contribution is 2.26. The molecule has 2 aromatic rings. The minimum atomic E-state index is -0.481. The molecule has 0 spiro atoms. The molecule has 0 radical (unpaired) electrons. The Morgan fingerprint density at radius 1 is 1.16 bits per heavy atom. The van der Waals surface area contributed by atoms with E-state index in [1.54, 1.807) is 0 Å². The average Bonchev–Trinajstić information content (AvgIpc) is 2.61. The van der Waals surface area contributed by atoms with E-state index in [-0.39, 0.29) is 0 Å². The van der Waals surface area contributed by atoms with E-state index in [9.17, 15) is 4.79 Å². The maximum absolute atomic E-state index is 11.6. The van der Waals surface area contributed by atoms with Crippen LogP contribution in [0.1, 0.15) is 48.9 Å². The number of aryl methyl sites for hydroxylation is 2. The van der Waals surface area contributed by atoms with Gasteiger partial charge < -0.3 is 9.47 Å². The van der Waals surface area contributed by atoms with Crippen molar-refractivity contribution in [2.45, 2.75) is 46.6 Å². The maximum Gasteiger partial charge on any atom is 0.411 e. The first-order valence-corrected chi connectivity index (χ1v) is 8.64. The highest BCUT2D eigenvalue weighted by Gasteiger charge is 2.11. The first kappa shape index (κ1) is 18.8. The lowest BCUT2D eigenvalue weighted by molar-refractivity contribution is 0.187. The molecule has 2 aromatic carbocycles. The standard InChI is InChI=1S/C21H27NO3/c1-6-16-7-10-20(15(4)11-16)25-13-18-9-8-17(14(2)3)12-19(18)22-21(23)24-5/h7-12,14H,6,13H2,1-5H3,(H,22,23). The van der Waals surface area contributed by atoms with Crippen LogP contribution in [0.15, 0.2) is 36.4 Å². The molecule has 0 fully saturated rings. The second-order valence-corrected chi connectivity index (χ2v) is 6.43. The van der Waals surface area contributed by atoms with Crippen LogP contribution in [0, 0.1) is 6.92 Å². The molecule has 0 aliphatic rings. The zero-order valence-corrected chi connectivity index (χ0v) is 15.7. The zero-order chi connectivity index (χ0) is 18.4. The van der Waals surface area contributed by atoms with Crippen molar-refractivity contribution in [1.82, 2.24) is 0 Å². The number of rotatable bonds is 6. The maximum atomic E-state index is 11.6.